The Morgan fingerprint density at radius 1 is 0.857 bits per heavy atom. The van der Waals surface area contributed by atoms with Crippen LogP contribution in [0.2, 0.25) is 0 Å². The molecule has 0 rings (SSSR count). The van der Waals surface area contributed by atoms with Crippen LogP contribution in [-0.2, 0) is 0 Å². The third-order valence-corrected chi connectivity index (χ3v) is 0.566. The summed E-state index contributed by atoms with van der Waals surface area (Å²) in [4.78, 5) is 4.25. The molecule has 0 spiro atoms. The molecule has 0 aliphatic carbocycles. The molecule has 0 radical (unpaired) electrons. The van der Waals surface area contributed by atoms with Gasteiger partial charge in [-0.2, -0.15) is 0 Å². The molecule has 3 heteroatoms. The maximum atomic E-state index is 2.12. The lowest BCUT2D eigenvalue weighted by molar-refractivity contribution is 0.549. The zero-order valence-corrected chi connectivity index (χ0v) is 5.60. The molecule has 0 aliphatic heterocycles. The van der Waals surface area contributed by atoms with Crippen molar-refractivity contribution in [2.24, 2.45) is 0 Å². The van der Waals surface area contributed by atoms with Crippen molar-refractivity contribution in [1.29, 1.82) is 0 Å². The molecule has 0 bridgehead atoms. The molecule has 0 aromatic heterocycles. The predicted octanol–water partition coefficient (Wildman–Crippen LogP) is -0.624. The molecule has 0 saturated carbocycles. The highest BCUT2D eigenvalue weighted by Crippen LogP contribution is 1.70. The molecule has 0 N–H and O–H groups in total. The number of hydrogen-bond donors (Lipinski definition) is 0. The van der Waals surface area contributed by atoms with Gasteiger partial charge in [0.05, 0.1) is 0 Å². The van der Waals surface area contributed by atoms with E-state index in [1.54, 1.807) is 0 Å². The van der Waals surface area contributed by atoms with E-state index in [9.17, 15) is 0 Å². The summed E-state index contributed by atoms with van der Waals surface area (Å²) < 4.78 is 0. The minimum absolute atomic E-state index is 1.03. The van der Waals surface area contributed by atoms with Crippen molar-refractivity contribution in [2.75, 3.05) is 28.2 Å². The van der Waals surface area contributed by atoms with E-state index in [0.717, 1.165) is 7.55 Å². The van der Waals surface area contributed by atoms with E-state index >= 15 is 0 Å². The highest BCUT2D eigenvalue weighted by molar-refractivity contribution is 6.27. The molecule has 0 unspecified atom stereocenters. The van der Waals surface area contributed by atoms with E-state index in [1.165, 1.54) is 0 Å². The lowest BCUT2D eigenvalue weighted by atomic mass is 10.1. The Labute approximate surface area is 46.4 Å². The van der Waals surface area contributed by atoms with Crippen LogP contribution in [0.4, 0.5) is 0 Å². The van der Waals surface area contributed by atoms with Crippen LogP contribution in [0.1, 0.15) is 0 Å². The smallest absolute Gasteiger partial charge is 0.290 e. The van der Waals surface area contributed by atoms with Crippen molar-refractivity contribution in [1.82, 2.24) is 9.62 Å². The molecule has 0 saturated heterocycles. The molecule has 0 amide bonds. The summed E-state index contributed by atoms with van der Waals surface area (Å²) in [5.74, 6) is 0. The second-order valence-corrected chi connectivity index (χ2v) is 2.30. The molecule has 0 aromatic carbocycles. The number of hydrogen-bond acceptors (Lipinski definition) is 2. The SMILES string of the molecule is CN(C)BN(C)C. The molecule has 7 heavy (non-hydrogen) atoms. The van der Waals surface area contributed by atoms with E-state index in [2.05, 4.69) is 37.8 Å². The zero-order chi connectivity index (χ0) is 5.86. The van der Waals surface area contributed by atoms with Crippen LogP contribution in [0.15, 0.2) is 0 Å². The van der Waals surface area contributed by atoms with Crippen molar-refractivity contribution in [3.8, 4) is 0 Å². The maximum absolute atomic E-state index is 2.12. The Hall–Kier alpha value is -0.0151. The highest BCUT2D eigenvalue weighted by Gasteiger charge is 1.92. The monoisotopic (exact) mass is 100 g/mol. The summed E-state index contributed by atoms with van der Waals surface area (Å²) in [6.45, 7) is 0. The van der Waals surface area contributed by atoms with E-state index in [-0.39, 0.29) is 0 Å². The lowest BCUT2D eigenvalue weighted by Crippen LogP contribution is -2.31. The quantitative estimate of drug-likeness (QED) is 0.426. The topological polar surface area (TPSA) is 6.48 Å². The van der Waals surface area contributed by atoms with Crippen LogP contribution in [0.3, 0.4) is 0 Å². The fourth-order valence-corrected chi connectivity index (χ4v) is 0.566. The molecule has 0 aromatic rings. The van der Waals surface area contributed by atoms with Gasteiger partial charge in [-0.1, -0.05) is 0 Å². The van der Waals surface area contributed by atoms with Gasteiger partial charge in [-0.15, -0.1) is 0 Å². The zero-order valence-electron chi connectivity index (χ0n) is 5.60. The van der Waals surface area contributed by atoms with Crippen molar-refractivity contribution >= 4 is 7.55 Å². The van der Waals surface area contributed by atoms with Crippen molar-refractivity contribution in [3.05, 3.63) is 0 Å². The normalized spacial score (nSPS) is 10.6. The maximum Gasteiger partial charge on any atom is 0.290 e. The van der Waals surface area contributed by atoms with Crippen LogP contribution >= 0.6 is 0 Å². The molecular weight excluding hydrogens is 86.9 g/mol. The average Bonchev–Trinajstić information content (AvgIpc) is 1.27. The fourth-order valence-electron chi connectivity index (χ4n) is 0.566. The van der Waals surface area contributed by atoms with Crippen LogP contribution in [0.5, 0.6) is 0 Å². The van der Waals surface area contributed by atoms with Gasteiger partial charge in [0, 0.05) is 0 Å². The standard InChI is InChI=1S/C4H13BN2/c1-6(2)5-7(3)4/h5H,1-4H3. The molecule has 42 valence electrons. The molecule has 0 atom stereocenters. The first-order valence-electron chi connectivity index (χ1n) is 2.42. The predicted molar refractivity (Wildman–Crippen MR) is 34.5 cm³/mol. The summed E-state index contributed by atoms with van der Waals surface area (Å²) in [6, 6.07) is 0. The van der Waals surface area contributed by atoms with Crippen molar-refractivity contribution in [3.63, 3.8) is 0 Å². The first-order chi connectivity index (χ1) is 3.13. The third kappa shape index (κ3) is 5.98. The van der Waals surface area contributed by atoms with Crippen LogP contribution in [0.25, 0.3) is 0 Å². The second-order valence-electron chi connectivity index (χ2n) is 2.30. The van der Waals surface area contributed by atoms with Crippen LogP contribution in [0, 0.1) is 0 Å². The number of rotatable bonds is 2. The van der Waals surface area contributed by atoms with Crippen LogP contribution < -0.4 is 0 Å². The largest absolute Gasteiger partial charge is 0.337 e. The Balaban J connectivity index is 2.95. The average molecular weight is 100.0 g/mol. The van der Waals surface area contributed by atoms with Gasteiger partial charge in [-0.25, -0.2) is 0 Å². The van der Waals surface area contributed by atoms with E-state index in [0.29, 0.717) is 0 Å². The van der Waals surface area contributed by atoms with E-state index in [1.807, 2.05) is 0 Å². The fraction of sp³-hybridized carbons (Fsp3) is 1.00. The third-order valence-electron chi connectivity index (χ3n) is 0.566. The van der Waals surface area contributed by atoms with Gasteiger partial charge < -0.3 is 9.62 Å². The van der Waals surface area contributed by atoms with Gasteiger partial charge in [0.15, 0.2) is 0 Å². The van der Waals surface area contributed by atoms with Gasteiger partial charge in [-0.05, 0) is 28.2 Å². The number of nitrogens with zero attached hydrogens (tertiary/aromatic N) is 2. The second kappa shape index (κ2) is 3.05. The summed E-state index contributed by atoms with van der Waals surface area (Å²) in [6.07, 6.45) is 0. The Morgan fingerprint density at radius 3 is 1.14 bits per heavy atom. The molecular formula is C4H13BN2. The molecule has 2 nitrogen and oxygen atoms in total. The Bertz CT molecular complexity index is 39.0. The molecule has 0 aliphatic rings. The van der Waals surface area contributed by atoms with Gasteiger partial charge in [-0.3, -0.25) is 0 Å². The minimum Gasteiger partial charge on any atom is -0.337 e. The Kier molecular flexibility index (Phi) is 3.04. The summed E-state index contributed by atoms with van der Waals surface area (Å²) in [5.41, 5.74) is 0. The summed E-state index contributed by atoms with van der Waals surface area (Å²) in [5, 5.41) is 0. The van der Waals surface area contributed by atoms with E-state index in [4.69, 9.17) is 0 Å². The molecule has 0 heterocycles. The van der Waals surface area contributed by atoms with Gasteiger partial charge >= 0.3 is 0 Å². The minimum atomic E-state index is 1.03. The summed E-state index contributed by atoms with van der Waals surface area (Å²) in [7, 11) is 9.25. The first kappa shape index (κ1) is 6.98. The highest BCUT2D eigenvalue weighted by atomic mass is 15.1. The van der Waals surface area contributed by atoms with E-state index < -0.39 is 0 Å². The van der Waals surface area contributed by atoms with Crippen molar-refractivity contribution in [2.45, 2.75) is 0 Å². The lowest BCUT2D eigenvalue weighted by Gasteiger charge is -2.12. The van der Waals surface area contributed by atoms with Gasteiger partial charge in [0.1, 0.15) is 0 Å². The molecule has 0 fully saturated rings. The summed E-state index contributed by atoms with van der Waals surface area (Å²) >= 11 is 0. The Morgan fingerprint density at radius 2 is 1.14 bits per heavy atom. The van der Waals surface area contributed by atoms with Gasteiger partial charge in [0.2, 0.25) is 0 Å². The van der Waals surface area contributed by atoms with Gasteiger partial charge in [0.25, 0.3) is 7.55 Å². The van der Waals surface area contributed by atoms with Crippen LogP contribution in [-0.4, -0.2) is 45.4 Å². The first-order valence-corrected chi connectivity index (χ1v) is 2.42. The van der Waals surface area contributed by atoms with Crippen molar-refractivity contribution < 1.29 is 0 Å².